The fraction of sp³-hybridized carbons (Fsp3) is 0.0606. The quantitative estimate of drug-likeness (QED) is 0.105. The molecule has 0 fully saturated rings. The maximum atomic E-state index is 13.4. The van der Waals surface area contributed by atoms with Gasteiger partial charge in [-0.2, -0.15) is 26.3 Å². The molecule has 0 radical (unpaired) electrons. The fourth-order valence-corrected chi connectivity index (χ4v) is 8.11. The summed E-state index contributed by atoms with van der Waals surface area (Å²) >= 11 is 8.45. The van der Waals surface area contributed by atoms with Gasteiger partial charge < -0.3 is 0 Å². The number of hydrogen-bond acceptors (Lipinski definition) is 3. The molecule has 0 saturated heterocycles. The monoisotopic (exact) mass is 622 g/mol. The van der Waals surface area contributed by atoms with Gasteiger partial charge in [-0.3, -0.25) is 0 Å². The third-order valence-electron chi connectivity index (χ3n) is 7.43. The van der Waals surface area contributed by atoms with Gasteiger partial charge in [-0.05, 0) is 103 Å². The molecule has 0 spiro atoms. The van der Waals surface area contributed by atoms with Crippen molar-refractivity contribution in [3.63, 3.8) is 0 Å². The van der Waals surface area contributed by atoms with Crippen molar-refractivity contribution >= 4 is 76.6 Å². The van der Waals surface area contributed by atoms with Crippen molar-refractivity contribution in [2.24, 2.45) is 0 Å². The number of benzene rings is 6. The SMILES string of the molecule is FC(F)(F)c1ccc(-c2c3ccccc3c(-c3ccc(C(F)(F)F)cc3)c3cc4cc5sc(=S)sc5cc4cc23)cc1. The van der Waals surface area contributed by atoms with Crippen molar-refractivity contribution in [1.29, 1.82) is 0 Å². The molecule has 0 nitrogen and oxygen atoms in total. The molecule has 0 N–H and O–H groups in total. The Bertz CT molecular complexity index is 2060. The molecule has 0 atom stereocenters. The van der Waals surface area contributed by atoms with Crippen LogP contribution in [0.2, 0.25) is 0 Å². The lowest BCUT2D eigenvalue weighted by Crippen LogP contribution is -2.04. The highest BCUT2D eigenvalue weighted by molar-refractivity contribution is 7.77. The third-order valence-corrected chi connectivity index (χ3v) is 10.0. The zero-order valence-corrected chi connectivity index (χ0v) is 23.7. The Morgan fingerprint density at radius 2 is 0.857 bits per heavy atom. The summed E-state index contributed by atoms with van der Waals surface area (Å²) < 4.78 is 83.3. The predicted molar refractivity (Wildman–Crippen MR) is 164 cm³/mol. The van der Waals surface area contributed by atoms with Crippen molar-refractivity contribution in [1.82, 2.24) is 0 Å². The van der Waals surface area contributed by atoms with Gasteiger partial charge in [0.15, 0.2) is 0 Å². The minimum absolute atomic E-state index is 0.606. The Morgan fingerprint density at radius 1 is 0.476 bits per heavy atom. The van der Waals surface area contributed by atoms with Gasteiger partial charge in [0.05, 0.1) is 11.1 Å². The van der Waals surface area contributed by atoms with E-state index >= 15 is 0 Å². The van der Waals surface area contributed by atoms with Crippen LogP contribution in [-0.4, -0.2) is 0 Å². The highest BCUT2D eigenvalue weighted by Gasteiger charge is 2.31. The van der Waals surface area contributed by atoms with Gasteiger partial charge in [-0.25, -0.2) is 0 Å². The molecule has 0 saturated carbocycles. The predicted octanol–water partition coefficient (Wildman–Crippen LogP) is 12.5. The van der Waals surface area contributed by atoms with Crippen LogP contribution in [0.3, 0.4) is 0 Å². The normalized spacial score (nSPS) is 12.6. The van der Waals surface area contributed by atoms with E-state index in [1.165, 1.54) is 46.9 Å². The van der Waals surface area contributed by atoms with E-state index in [4.69, 9.17) is 12.2 Å². The van der Waals surface area contributed by atoms with Gasteiger partial charge in [-0.15, -0.1) is 22.7 Å². The Balaban J connectivity index is 1.61. The molecule has 0 unspecified atom stereocenters. The summed E-state index contributed by atoms with van der Waals surface area (Å²) in [6, 6.07) is 25.8. The van der Waals surface area contributed by atoms with Crippen molar-refractivity contribution < 1.29 is 26.3 Å². The molecule has 0 aliphatic heterocycles. The summed E-state index contributed by atoms with van der Waals surface area (Å²) in [6.07, 6.45) is -8.94. The van der Waals surface area contributed by atoms with E-state index in [1.54, 1.807) is 0 Å². The second kappa shape index (κ2) is 9.62. The number of hydrogen-bond donors (Lipinski definition) is 0. The summed E-state index contributed by atoms with van der Waals surface area (Å²) in [7, 11) is 0. The second-order valence-electron chi connectivity index (χ2n) is 9.94. The summed E-state index contributed by atoms with van der Waals surface area (Å²) in [5.74, 6) is 0. The highest BCUT2D eigenvalue weighted by Crippen LogP contribution is 2.46. The lowest BCUT2D eigenvalue weighted by Gasteiger charge is -2.19. The summed E-state index contributed by atoms with van der Waals surface area (Å²) in [5, 5.41) is 5.00. The molecular weight excluding hydrogens is 607 g/mol. The van der Waals surface area contributed by atoms with Crippen LogP contribution in [0.4, 0.5) is 26.3 Å². The Hall–Kier alpha value is -3.79. The lowest BCUT2D eigenvalue weighted by atomic mass is 9.84. The van der Waals surface area contributed by atoms with Gasteiger partial charge in [0.2, 0.25) is 0 Å². The molecule has 0 aliphatic rings. The van der Waals surface area contributed by atoms with Crippen molar-refractivity contribution in [2.45, 2.75) is 12.4 Å². The van der Waals surface area contributed by atoms with Crippen LogP contribution in [0.5, 0.6) is 0 Å². The molecule has 7 rings (SSSR count). The van der Waals surface area contributed by atoms with Gasteiger partial charge in [-0.1, -0.05) is 60.7 Å². The number of halogens is 6. The first-order chi connectivity index (χ1) is 20.0. The molecule has 42 heavy (non-hydrogen) atoms. The summed E-state index contributed by atoms with van der Waals surface area (Å²) in [5.41, 5.74) is 1.24. The molecule has 7 aromatic rings. The standard InChI is InChI=1S/C33H16F6S3/c34-32(35,36)21-9-5-17(6-10-21)29-23-3-1-2-4-24(23)30(18-7-11-22(12-8-18)33(37,38)39)26-14-20-16-28-27(41-31(40)42-28)15-19(20)13-25(26)29/h1-16H. The largest absolute Gasteiger partial charge is 0.416 e. The van der Waals surface area contributed by atoms with E-state index in [0.717, 1.165) is 80.2 Å². The zero-order chi connectivity index (χ0) is 29.4. The molecule has 0 aliphatic carbocycles. The molecule has 0 bridgehead atoms. The average molecular weight is 623 g/mol. The first-order valence-corrected chi connectivity index (χ1v) is 14.7. The first-order valence-electron chi connectivity index (χ1n) is 12.7. The highest BCUT2D eigenvalue weighted by atomic mass is 32.2. The van der Waals surface area contributed by atoms with E-state index in [0.29, 0.717) is 11.1 Å². The molecule has 9 heteroatoms. The minimum Gasteiger partial charge on any atom is -0.166 e. The van der Waals surface area contributed by atoms with Crippen molar-refractivity contribution in [3.05, 3.63) is 111 Å². The van der Waals surface area contributed by atoms with Crippen LogP contribution in [0.1, 0.15) is 11.1 Å². The van der Waals surface area contributed by atoms with E-state index < -0.39 is 23.5 Å². The Labute approximate surface area is 248 Å². The minimum atomic E-state index is -4.47. The van der Waals surface area contributed by atoms with E-state index in [9.17, 15) is 26.3 Å². The topological polar surface area (TPSA) is 0 Å². The van der Waals surface area contributed by atoms with Crippen LogP contribution in [0.15, 0.2) is 97.1 Å². The smallest absolute Gasteiger partial charge is 0.166 e. The number of rotatable bonds is 2. The van der Waals surface area contributed by atoms with Crippen LogP contribution in [0, 0.1) is 3.14 Å². The fourth-order valence-electron chi connectivity index (χ4n) is 5.56. The van der Waals surface area contributed by atoms with Crippen LogP contribution < -0.4 is 0 Å². The van der Waals surface area contributed by atoms with Gasteiger partial charge in [0.1, 0.15) is 3.14 Å². The van der Waals surface area contributed by atoms with Crippen LogP contribution in [0.25, 0.3) is 64.0 Å². The lowest BCUT2D eigenvalue weighted by molar-refractivity contribution is -0.138. The van der Waals surface area contributed by atoms with Crippen molar-refractivity contribution in [3.8, 4) is 22.3 Å². The van der Waals surface area contributed by atoms with Gasteiger partial charge in [0, 0.05) is 9.40 Å². The average Bonchev–Trinajstić information content (AvgIpc) is 3.31. The van der Waals surface area contributed by atoms with Crippen LogP contribution >= 0.6 is 34.9 Å². The molecule has 1 aromatic heterocycles. The van der Waals surface area contributed by atoms with E-state index in [1.807, 2.05) is 36.4 Å². The van der Waals surface area contributed by atoms with Gasteiger partial charge >= 0.3 is 12.4 Å². The van der Waals surface area contributed by atoms with Crippen LogP contribution in [-0.2, 0) is 12.4 Å². The molecule has 1 heterocycles. The number of fused-ring (bicyclic) bond motifs is 4. The Kier molecular flexibility index (Phi) is 6.20. The van der Waals surface area contributed by atoms with Gasteiger partial charge in [0.25, 0.3) is 0 Å². The Morgan fingerprint density at radius 3 is 1.21 bits per heavy atom. The molecule has 208 valence electrons. The first kappa shape index (κ1) is 27.1. The molecule has 6 aromatic carbocycles. The van der Waals surface area contributed by atoms with Crippen molar-refractivity contribution in [2.75, 3.05) is 0 Å². The van der Waals surface area contributed by atoms with E-state index in [2.05, 4.69) is 12.1 Å². The third kappa shape index (κ3) is 4.56. The van der Waals surface area contributed by atoms with E-state index in [-0.39, 0.29) is 0 Å². The summed E-state index contributed by atoms with van der Waals surface area (Å²) in [6.45, 7) is 0. The maximum Gasteiger partial charge on any atom is 0.416 e. The second-order valence-corrected chi connectivity index (χ2v) is 13.2. The zero-order valence-electron chi connectivity index (χ0n) is 21.2. The maximum absolute atomic E-state index is 13.4. The molecular formula is C33H16F6S3. The summed E-state index contributed by atoms with van der Waals surface area (Å²) in [4.78, 5) is 0. The number of alkyl halides is 6. The molecule has 0 amide bonds.